The number of nitrogens with one attached hydrogen (secondary N) is 2. The van der Waals surface area contributed by atoms with Crippen LogP contribution in [0.5, 0.6) is 0 Å². The van der Waals surface area contributed by atoms with Crippen molar-refractivity contribution in [3.05, 3.63) is 29.3 Å². The van der Waals surface area contributed by atoms with E-state index in [0.717, 1.165) is 29.7 Å². The van der Waals surface area contributed by atoms with Gasteiger partial charge < -0.3 is 20.6 Å². The molecule has 0 radical (unpaired) electrons. The van der Waals surface area contributed by atoms with Crippen LogP contribution in [0, 0.1) is 37.5 Å². The molecule has 3 N–H and O–H groups in total. The van der Waals surface area contributed by atoms with Crippen molar-refractivity contribution in [2.24, 2.45) is 23.7 Å². The number of aryl methyl sites for hydroxylation is 2. The number of amides is 3. The molecule has 3 unspecified atom stereocenters. The second-order valence-corrected chi connectivity index (χ2v) is 12.9. The lowest BCUT2D eigenvalue weighted by atomic mass is 9.66. The zero-order valence-corrected chi connectivity index (χ0v) is 23.2. The summed E-state index contributed by atoms with van der Waals surface area (Å²) in [6.45, 7) is 12.5. The molecule has 3 amide bonds. The first kappa shape index (κ1) is 27.0. The fraction of sp³-hybridized carbons (Fsp3) is 0.679. The molecule has 0 saturated carbocycles. The fourth-order valence-corrected chi connectivity index (χ4v) is 9.25. The highest BCUT2D eigenvalue weighted by molar-refractivity contribution is 8.02. The lowest BCUT2D eigenvalue weighted by Gasteiger charge is -2.40. The number of carbonyl (C=O) groups is 3. The Hall–Kier alpha value is -2.06. The highest BCUT2D eigenvalue weighted by Gasteiger charge is 2.76. The van der Waals surface area contributed by atoms with Gasteiger partial charge in [0.2, 0.25) is 17.7 Å². The minimum atomic E-state index is -0.751. The van der Waals surface area contributed by atoms with Crippen molar-refractivity contribution >= 4 is 35.2 Å². The molecule has 3 heterocycles. The molecule has 198 valence electrons. The number of para-hydroxylation sites is 1. The lowest BCUT2D eigenvalue weighted by molar-refractivity contribution is -0.142. The van der Waals surface area contributed by atoms with Crippen molar-refractivity contribution in [2.45, 2.75) is 82.9 Å². The molecule has 3 fully saturated rings. The number of hydrogen-bond acceptors (Lipinski definition) is 5. The number of anilines is 1. The maximum atomic E-state index is 14.2. The Kier molecular flexibility index (Phi) is 7.77. The first-order valence-corrected chi connectivity index (χ1v) is 14.2. The zero-order chi connectivity index (χ0) is 26.4. The number of nitrogens with zero attached hydrogens (tertiary/aromatic N) is 1. The van der Waals surface area contributed by atoms with Crippen molar-refractivity contribution in [1.82, 2.24) is 10.2 Å². The van der Waals surface area contributed by atoms with Crippen LogP contribution in [-0.4, -0.2) is 63.0 Å². The van der Waals surface area contributed by atoms with E-state index in [4.69, 9.17) is 0 Å². The number of carbonyl (C=O) groups excluding carboxylic acids is 3. The molecule has 0 aliphatic carbocycles. The van der Waals surface area contributed by atoms with Gasteiger partial charge in [-0.1, -0.05) is 45.9 Å². The van der Waals surface area contributed by atoms with Gasteiger partial charge in [-0.05, 0) is 56.1 Å². The van der Waals surface area contributed by atoms with Crippen molar-refractivity contribution in [3.8, 4) is 0 Å². The van der Waals surface area contributed by atoms with Crippen LogP contribution < -0.4 is 10.6 Å². The lowest BCUT2D eigenvalue weighted by Crippen LogP contribution is -2.57. The highest BCUT2D eigenvalue weighted by Crippen LogP contribution is 2.68. The molecule has 1 aromatic rings. The van der Waals surface area contributed by atoms with Crippen LogP contribution in [0.3, 0.4) is 0 Å². The molecule has 1 spiro atoms. The summed E-state index contributed by atoms with van der Waals surface area (Å²) in [6, 6.07) is 4.66. The summed E-state index contributed by atoms with van der Waals surface area (Å²) in [5, 5.41) is 16.6. The molecule has 3 aliphatic rings. The average Bonchev–Trinajstić information content (AvgIpc) is 3.42. The van der Waals surface area contributed by atoms with E-state index >= 15 is 0 Å². The number of aliphatic hydroxyl groups excluding tert-OH is 1. The maximum Gasteiger partial charge on any atom is 0.248 e. The van der Waals surface area contributed by atoms with Crippen LogP contribution in [0.2, 0.25) is 0 Å². The van der Waals surface area contributed by atoms with E-state index < -0.39 is 28.7 Å². The van der Waals surface area contributed by atoms with Gasteiger partial charge in [0.25, 0.3) is 0 Å². The Morgan fingerprint density at radius 3 is 2.47 bits per heavy atom. The molecular weight excluding hydrogens is 474 g/mol. The third kappa shape index (κ3) is 4.24. The fourth-order valence-electron chi connectivity index (χ4n) is 6.84. The molecule has 3 aliphatic heterocycles. The Labute approximate surface area is 219 Å². The van der Waals surface area contributed by atoms with Gasteiger partial charge in [-0.25, -0.2) is 0 Å². The monoisotopic (exact) mass is 515 g/mol. The van der Waals surface area contributed by atoms with Crippen LogP contribution in [0.4, 0.5) is 5.69 Å². The average molecular weight is 516 g/mol. The number of rotatable bonds is 9. The number of likely N-dealkylation sites (tertiary alicyclic amines) is 1. The predicted octanol–water partition coefficient (Wildman–Crippen LogP) is 3.51. The van der Waals surface area contributed by atoms with Gasteiger partial charge in [0.05, 0.1) is 29.2 Å². The topological polar surface area (TPSA) is 98.7 Å². The summed E-state index contributed by atoms with van der Waals surface area (Å²) in [5.74, 6) is -1.16. The second kappa shape index (κ2) is 10.4. The highest BCUT2D eigenvalue weighted by atomic mass is 32.2. The molecule has 8 heteroatoms. The third-order valence-electron chi connectivity index (χ3n) is 8.36. The molecular formula is C28H41N3O4S. The molecule has 7 atom stereocenters. The zero-order valence-electron chi connectivity index (χ0n) is 22.3. The Balaban J connectivity index is 1.79. The van der Waals surface area contributed by atoms with Gasteiger partial charge >= 0.3 is 0 Å². The largest absolute Gasteiger partial charge is 0.394 e. The number of hydrogen-bond donors (Lipinski definition) is 3. The van der Waals surface area contributed by atoms with Crippen LogP contribution in [0.1, 0.15) is 58.1 Å². The van der Waals surface area contributed by atoms with Gasteiger partial charge in [-0.3, -0.25) is 14.4 Å². The van der Waals surface area contributed by atoms with E-state index in [1.54, 1.807) is 16.7 Å². The first-order valence-electron chi connectivity index (χ1n) is 13.3. The van der Waals surface area contributed by atoms with Gasteiger partial charge in [0.1, 0.15) is 6.04 Å². The molecule has 4 rings (SSSR count). The molecule has 7 nitrogen and oxygen atoms in total. The van der Waals surface area contributed by atoms with Crippen LogP contribution in [0.15, 0.2) is 18.2 Å². The molecule has 0 aromatic heterocycles. The Morgan fingerprint density at radius 2 is 1.89 bits per heavy atom. The number of fused-ring (bicyclic) bond motifs is 1. The molecule has 2 bridgehead atoms. The van der Waals surface area contributed by atoms with E-state index in [9.17, 15) is 19.5 Å². The summed E-state index contributed by atoms with van der Waals surface area (Å²) in [5.41, 5.74) is 2.69. The smallest absolute Gasteiger partial charge is 0.248 e. The number of benzene rings is 1. The van der Waals surface area contributed by atoms with Crippen molar-refractivity contribution in [2.75, 3.05) is 18.5 Å². The summed E-state index contributed by atoms with van der Waals surface area (Å²) < 4.78 is -0.693. The molecule has 3 saturated heterocycles. The summed E-state index contributed by atoms with van der Waals surface area (Å²) >= 11 is 1.67. The standard InChI is InChI=1S/C28H41N3O4S/c1-7-11-29-25(33)21-20-13-18(6)28(36-20)22(21)27(35)31(19(14-32)12-15(2)3)24(28)26(34)30-23-16(4)9-8-10-17(23)5/h8-10,15,18-22,24,32H,7,11-14H2,1-6H3,(H,29,33)(H,30,34)/t18?,19-,20+,21-,22+,24?,28?/m1/s1. The van der Waals surface area contributed by atoms with E-state index in [0.29, 0.717) is 13.0 Å². The van der Waals surface area contributed by atoms with Crippen LogP contribution >= 0.6 is 11.8 Å². The van der Waals surface area contributed by atoms with E-state index in [1.807, 2.05) is 39.0 Å². The third-order valence-corrected chi connectivity index (χ3v) is 10.4. The molecule has 36 heavy (non-hydrogen) atoms. The Bertz CT molecular complexity index is 1010. The van der Waals surface area contributed by atoms with Crippen molar-refractivity contribution < 1.29 is 19.5 Å². The van der Waals surface area contributed by atoms with Gasteiger partial charge in [-0.15, -0.1) is 11.8 Å². The van der Waals surface area contributed by atoms with E-state index in [1.165, 1.54) is 0 Å². The van der Waals surface area contributed by atoms with Gasteiger partial charge in [0, 0.05) is 17.5 Å². The summed E-state index contributed by atoms with van der Waals surface area (Å²) in [4.78, 5) is 43.4. The summed E-state index contributed by atoms with van der Waals surface area (Å²) in [7, 11) is 0. The van der Waals surface area contributed by atoms with E-state index in [2.05, 4.69) is 31.4 Å². The maximum absolute atomic E-state index is 14.2. The SMILES string of the molecule is CCCNC(=O)[C@@H]1[C@@H]2CC(C)C3(S2)C(C(=O)Nc2c(C)cccc2C)N([C@@H](CO)CC(C)C)C(=O)[C@H]13. The first-order chi connectivity index (χ1) is 17.1. The molecule has 1 aromatic carbocycles. The normalized spacial score (nSPS) is 31.6. The van der Waals surface area contributed by atoms with Crippen LogP contribution in [-0.2, 0) is 14.4 Å². The van der Waals surface area contributed by atoms with Crippen LogP contribution in [0.25, 0.3) is 0 Å². The van der Waals surface area contributed by atoms with E-state index in [-0.39, 0.29) is 41.4 Å². The van der Waals surface area contributed by atoms with Gasteiger partial charge in [-0.2, -0.15) is 0 Å². The summed E-state index contributed by atoms with van der Waals surface area (Å²) in [6.07, 6.45) is 2.21. The second-order valence-electron chi connectivity index (χ2n) is 11.3. The van der Waals surface area contributed by atoms with Crippen molar-refractivity contribution in [3.63, 3.8) is 0 Å². The Morgan fingerprint density at radius 1 is 1.22 bits per heavy atom. The number of aliphatic hydroxyl groups is 1. The predicted molar refractivity (Wildman–Crippen MR) is 144 cm³/mol. The van der Waals surface area contributed by atoms with Crippen molar-refractivity contribution in [1.29, 1.82) is 0 Å². The minimum absolute atomic E-state index is 0.0149. The quantitative estimate of drug-likeness (QED) is 0.468. The van der Waals surface area contributed by atoms with Gasteiger partial charge in [0.15, 0.2) is 0 Å². The minimum Gasteiger partial charge on any atom is -0.394 e. The number of thioether (sulfide) groups is 1.